The van der Waals surface area contributed by atoms with Crippen molar-refractivity contribution in [3.63, 3.8) is 0 Å². The molecule has 3 N–H and O–H groups in total. The maximum atomic E-state index is 8.06. The monoisotopic (exact) mass is 231 g/mol. The van der Waals surface area contributed by atoms with Gasteiger partial charge in [0, 0.05) is 18.3 Å². The summed E-state index contributed by atoms with van der Waals surface area (Å²) in [7, 11) is 0. The normalized spacial score (nSPS) is 8.31. The van der Waals surface area contributed by atoms with Crippen molar-refractivity contribution < 1.29 is 33.9 Å². The van der Waals surface area contributed by atoms with Gasteiger partial charge in [0.1, 0.15) is 0 Å². The molecule has 0 bridgehead atoms. The Bertz CT molecular complexity index is 43.4. The number of aliphatic hydroxyl groups excluding tert-OH is 3. The van der Waals surface area contributed by atoms with E-state index in [1.165, 1.54) is 0 Å². The summed E-state index contributed by atoms with van der Waals surface area (Å²) in [5, 5.41) is 24.2. The van der Waals surface area contributed by atoms with Gasteiger partial charge in [-0.15, -0.1) is 0 Å². The SMILES string of the molecule is CC(C)O.CC(C)O.CC(C)O.[V+2]. The van der Waals surface area contributed by atoms with Crippen molar-refractivity contribution in [3.05, 3.63) is 0 Å². The summed E-state index contributed by atoms with van der Waals surface area (Å²) >= 11 is 0. The molecule has 0 aromatic carbocycles. The quantitative estimate of drug-likeness (QED) is 0.586. The van der Waals surface area contributed by atoms with Crippen molar-refractivity contribution in [1.29, 1.82) is 0 Å². The van der Waals surface area contributed by atoms with Gasteiger partial charge < -0.3 is 15.3 Å². The van der Waals surface area contributed by atoms with Crippen LogP contribution in [0.1, 0.15) is 41.5 Å². The first-order valence-corrected chi connectivity index (χ1v) is 4.24. The second kappa shape index (κ2) is 18.3. The minimum absolute atomic E-state index is 0. The van der Waals surface area contributed by atoms with Crippen molar-refractivity contribution in [3.8, 4) is 0 Å². The van der Waals surface area contributed by atoms with Crippen LogP contribution in [-0.2, 0) is 18.6 Å². The first-order chi connectivity index (χ1) is 5.20. The van der Waals surface area contributed by atoms with Crippen LogP contribution in [0.3, 0.4) is 0 Å². The van der Waals surface area contributed by atoms with Crippen LogP contribution in [0.4, 0.5) is 0 Å². The fraction of sp³-hybridized carbons (Fsp3) is 1.00. The first-order valence-electron chi connectivity index (χ1n) is 4.24. The Kier molecular flexibility index (Phi) is 32.9. The molecule has 0 atom stereocenters. The first kappa shape index (κ1) is 23.4. The largest absolute Gasteiger partial charge is 2.00 e. The van der Waals surface area contributed by atoms with Crippen molar-refractivity contribution >= 4 is 0 Å². The molecule has 1 radical (unpaired) electrons. The van der Waals surface area contributed by atoms with Gasteiger partial charge in [0.25, 0.3) is 0 Å². The van der Waals surface area contributed by atoms with Crippen LogP contribution in [0.5, 0.6) is 0 Å². The fourth-order valence-electron chi connectivity index (χ4n) is 0. The molecule has 81 valence electrons. The molecule has 0 heterocycles. The molecule has 4 heteroatoms. The van der Waals surface area contributed by atoms with E-state index < -0.39 is 0 Å². The van der Waals surface area contributed by atoms with Gasteiger partial charge in [0.15, 0.2) is 0 Å². The summed E-state index contributed by atoms with van der Waals surface area (Å²) in [6, 6.07) is 0. The van der Waals surface area contributed by atoms with Crippen LogP contribution in [0.2, 0.25) is 0 Å². The number of rotatable bonds is 0. The summed E-state index contributed by atoms with van der Waals surface area (Å²) in [5.41, 5.74) is 0. The molecule has 13 heavy (non-hydrogen) atoms. The minimum Gasteiger partial charge on any atom is -0.394 e. The number of aliphatic hydroxyl groups is 3. The van der Waals surface area contributed by atoms with Gasteiger partial charge in [-0.1, -0.05) is 0 Å². The smallest absolute Gasteiger partial charge is 0.394 e. The third kappa shape index (κ3) is 6330. The zero-order chi connectivity index (χ0) is 10.7. The van der Waals surface area contributed by atoms with Gasteiger partial charge in [-0.2, -0.15) is 0 Å². The summed E-state index contributed by atoms with van der Waals surface area (Å²) in [5.74, 6) is 0. The van der Waals surface area contributed by atoms with Crippen molar-refractivity contribution in [2.24, 2.45) is 0 Å². The van der Waals surface area contributed by atoms with E-state index in [0.717, 1.165) is 0 Å². The second-order valence-corrected chi connectivity index (χ2v) is 3.28. The summed E-state index contributed by atoms with van der Waals surface area (Å²) in [6.07, 6.45) is -0.500. The van der Waals surface area contributed by atoms with Crippen LogP contribution < -0.4 is 0 Å². The number of hydrogen-bond donors (Lipinski definition) is 3. The third-order valence-corrected chi connectivity index (χ3v) is 0. The minimum atomic E-state index is -0.167. The molecule has 0 spiro atoms. The predicted molar refractivity (Wildman–Crippen MR) is 52.1 cm³/mol. The molecule has 3 nitrogen and oxygen atoms in total. The van der Waals surface area contributed by atoms with Gasteiger partial charge in [0.05, 0.1) is 0 Å². The average Bonchev–Trinajstić information content (AvgIpc) is 1.54. The van der Waals surface area contributed by atoms with Gasteiger partial charge in [-0.25, -0.2) is 0 Å². The molecule has 0 aromatic rings. The third-order valence-electron chi connectivity index (χ3n) is 0. The molecule has 0 rings (SSSR count). The summed E-state index contributed by atoms with van der Waals surface area (Å²) in [4.78, 5) is 0. The van der Waals surface area contributed by atoms with Crippen LogP contribution >= 0.6 is 0 Å². The Morgan fingerprint density at radius 1 is 0.538 bits per heavy atom. The van der Waals surface area contributed by atoms with E-state index in [0.29, 0.717) is 0 Å². The standard InChI is InChI=1S/3C3H8O.V/c3*1-3(2)4;/h3*3-4H,1-2H3;/q;;;+2. The van der Waals surface area contributed by atoms with Gasteiger partial charge in [0.2, 0.25) is 0 Å². The van der Waals surface area contributed by atoms with Crippen molar-refractivity contribution in [2.75, 3.05) is 0 Å². The zero-order valence-electron chi connectivity index (χ0n) is 9.52. The molecular weight excluding hydrogens is 207 g/mol. The maximum absolute atomic E-state index is 8.06. The van der Waals surface area contributed by atoms with E-state index in [1.54, 1.807) is 41.5 Å². The second-order valence-electron chi connectivity index (χ2n) is 3.28. The Hall–Kier alpha value is 0.464. The Morgan fingerprint density at radius 3 is 0.538 bits per heavy atom. The van der Waals surface area contributed by atoms with Crippen LogP contribution in [0, 0.1) is 0 Å². The van der Waals surface area contributed by atoms with Crippen molar-refractivity contribution in [1.82, 2.24) is 0 Å². The maximum Gasteiger partial charge on any atom is 2.00 e. The van der Waals surface area contributed by atoms with Crippen LogP contribution in [0.15, 0.2) is 0 Å². The molecule has 0 saturated heterocycles. The van der Waals surface area contributed by atoms with E-state index in [2.05, 4.69) is 0 Å². The van der Waals surface area contributed by atoms with E-state index in [4.69, 9.17) is 15.3 Å². The van der Waals surface area contributed by atoms with Crippen molar-refractivity contribution in [2.45, 2.75) is 59.9 Å². The molecule has 0 aliphatic rings. The van der Waals surface area contributed by atoms with Crippen LogP contribution in [-0.4, -0.2) is 33.6 Å². The fourth-order valence-corrected chi connectivity index (χ4v) is 0. The average molecular weight is 231 g/mol. The molecular formula is C9H24O3V+2. The summed E-state index contributed by atoms with van der Waals surface area (Å²) in [6.45, 7) is 10.3. The molecule has 0 saturated carbocycles. The van der Waals surface area contributed by atoms with Gasteiger partial charge in [-0.3, -0.25) is 0 Å². The molecule has 0 amide bonds. The Morgan fingerprint density at radius 2 is 0.538 bits per heavy atom. The zero-order valence-corrected chi connectivity index (χ0v) is 10.9. The molecule has 0 aliphatic heterocycles. The Balaban J connectivity index is -0.0000000450. The molecule has 0 aliphatic carbocycles. The van der Waals surface area contributed by atoms with Gasteiger partial charge >= 0.3 is 18.6 Å². The van der Waals surface area contributed by atoms with Crippen LogP contribution in [0.25, 0.3) is 0 Å². The van der Waals surface area contributed by atoms with E-state index in [-0.39, 0.29) is 36.9 Å². The van der Waals surface area contributed by atoms with E-state index in [1.807, 2.05) is 0 Å². The molecule has 0 fully saturated rings. The topological polar surface area (TPSA) is 60.7 Å². The van der Waals surface area contributed by atoms with Gasteiger partial charge in [-0.05, 0) is 41.5 Å². The van der Waals surface area contributed by atoms with E-state index in [9.17, 15) is 0 Å². The summed E-state index contributed by atoms with van der Waals surface area (Å²) < 4.78 is 0. The number of hydrogen-bond acceptors (Lipinski definition) is 3. The van der Waals surface area contributed by atoms with E-state index >= 15 is 0 Å². The Labute approximate surface area is 94.1 Å². The molecule has 0 unspecified atom stereocenters. The predicted octanol–water partition coefficient (Wildman–Crippen LogP) is 1.16. The molecule has 0 aromatic heterocycles.